The van der Waals surface area contributed by atoms with Gasteiger partial charge in [-0.2, -0.15) is 0 Å². The predicted molar refractivity (Wildman–Crippen MR) is 156 cm³/mol. The summed E-state index contributed by atoms with van der Waals surface area (Å²) in [6.07, 6.45) is 2.18. The van der Waals surface area contributed by atoms with Gasteiger partial charge in [0.2, 0.25) is 5.91 Å². The molecule has 224 valence electrons. The third kappa shape index (κ3) is 4.24. The van der Waals surface area contributed by atoms with Crippen LogP contribution in [0.25, 0.3) is 11.1 Å². The number of primary amides is 1. The van der Waals surface area contributed by atoms with Crippen LogP contribution in [-0.4, -0.2) is 94.2 Å². The molecule has 0 aromatic heterocycles. The summed E-state index contributed by atoms with van der Waals surface area (Å²) in [4.78, 5) is 75.1. The van der Waals surface area contributed by atoms with Crippen molar-refractivity contribution in [2.75, 3.05) is 27.7 Å². The number of likely N-dealkylation sites (tertiary alicyclic amines) is 1. The summed E-state index contributed by atoms with van der Waals surface area (Å²) < 4.78 is 0. The Balaban J connectivity index is 1.41. The second-order valence-corrected chi connectivity index (χ2v) is 12.4. The van der Waals surface area contributed by atoms with Gasteiger partial charge in [0.15, 0.2) is 34.7 Å². The molecule has 1 aliphatic heterocycles. The Morgan fingerprint density at radius 3 is 2.37 bits per heavy atom. The highest BCUT2D eigenvalue weighted by Gasteiger charge is 2.69. The molecule has 3 aliphatic carbocycles. The van der Waals surface area contributed by atoms with Gasteiger partial charge in [0.25, 0.3) is 0 Å². The van der Waals surface area contributed by atoms with Gasteiger partial charge in [0.05, 0.1) is 23.2 Å². The maximum absolute atomic E-state index is 14.0. The van der Waals surface area contributed by atoms with Crippen LogP contribution in [0.4, 0.5) is 5.69 Å². The molecule has 11 nitrogen and oxygen atoms in total. The van der Waals surface area contributed by atoms with Crippen molar-refractivity contribution >= 4 is 40.6 Å². The topological polar surface area (TPSA) is 171 Å². The SMILES string of the molecule is CN1CCCC1=Nc1ccc(-c2ccc(O)c3c2C[C@@H]2C[C@@H]4[C@@H](N(C)C)C(=O)C(C(N)=O)C(=O)[C@]4(O)C(=O)C2C3=O)cc1. The van der Waals surface area contributed by atoms with Crippen molar-refractivity contribution in [3.8, 4) is 16.9 Å². The Labute approximate surface area is 248 Å². The number of aliphatic imine (C=N–C) groups is 1. The fourth-order valence-electron chi connectivity index (χ4n) is 7.68. The molecule has 6 atom stereocenters. The minimum absolute atomic E-state index is 0.00292. The third-order valence-corrected chi connectivity index (χ3v) is 9.72. The molecule has 1 saturated heterocycles. The first-order valence-electron chi connectivity index (χ1n) is 14.4. The van der Waals surface area contributed by atoms with E-state index in [0.717, 1.165) is 36.5 Å². The van der Waals surface area contributed by atoms with Crippen LogP contribution >= 0.6 is 0 Å². The fraction of sp³-hybridized carbons (Fsp3) is 0.438. The number of amides is 1. The number of fused-ring (bicyclic) bond motifs is 3. The maximum Gasteiger partial charge on any atom is 0.235 e. The molecule has 0 spiro atoms. The van der Waals surface area contributed by atoms with E-state index >= 15 is 0 Å². The molecule has 2 unspecified atom stereocenters. The van der Waals surface area contributed by atoms with E-state index in [4.69, 9.17) is 10.7 Å². The number of aromatic hydroxyl groups is 1. The van der Waals surface area contributed by atoms with Crippen LogP contribution in [0.2, 0.25) is 0 Å². The van der Waals surface area contributed by atoms with E-state index in [1.54, 1.807) is 20.2 Å². The van der Waals surface area contributed by atoms with E-state index in [2.05, 4.69) is 4.90 Å². The quantitative estimate of drug-likeness (QED) is 0.447. The van der Waals surface area contributed by atoms with Crippen LogP contribution in [0.3, 0.4) is 0 Å². The molecule has 0 radical (unpaired) electrons. The minimum atomic E-state index is -2.74. The van der Waals surface area contributed by atoms with Gasteiger partial charge >= 0.3 is 0 Å². The second kappa shape index (κ2) is 10.2. The van der Waals surface area contributed by atoms with E-state index < -0.39 is 64.4 Å². The number of rotatable bonds is 4. The van der Waals surface area contributed by atoms with Crippen LogP contribution in [0.1, 0.15) is 35.2 Å². The average molecular weight is 587 g/mol. The van der Waals surface area contributed by atoms with E-state index in [1.165, 1.54) is 11.0 Å². The summed E-state index contributed by atoms with van der Waals surface area (Å²) in [6.45, 7) is 0.969. The van der Waals surface area contributed by atoms with E-state index in [-0.39, 0.29) is 24.2 Å². The normalized spacial score (nSPS) is 31.3. The van der Waals surface area contributed by atoms with Gasteiger partial charge in [0.1, 0.15) is 11.6 Å². The molecule has 2 aromatic carbocycles. The first kappa shape index (κ1) is 28.9. The largest absolute Gasteiger partial charge is 0.507 e. The molecule has 3 fully saturated rings. The number of phenolic OH excluding ortho intramolecular Hbond substituents is 1. The molecule has 2 saturated carbocycles. The molecule has 1 heterocycles. The average Bonchev–Trinajstić information content (AvgIpc) is 3.35. The highest BCUT2D eigenvalue weighted by atomic mass is 16.3. The van der Waals surface area contributed by atoms with Crippen molar-refractivity contribution in [1.82, 2.24) is 9.80 Å². The van der Waals surface area contributed by atoms with Crippen LogP contribution in [-0.2, 0) is 25.6 Å². The second-order valence-electron chi connectivity index (χ2n) is 12.4. The monoisotopic (exact) mass is 586 g/mol. The highest BCUT2D eigenvalue weighted by Crippen LogP contribution is 2.51. The zero-order valence-corrected chi connectivity index (χ0v) is 24.2. The molecule has 6 rings (SSSR count). The summed E-state index contributed by atoms with van der Waals surface area (Å²) in [5.41, 5.74) is 5.46. The molecular weight excluding hydrogens is 552 g/mol. The Bertz CT molecular complexity index is 1610. The van der Waals surface area contributed by atoms with Crippen molar-refractivity contribution in [2.45, 2.75) is 37.3 Å². The number of hydrogen-bond acceptors (Lipinski definition) is 9. The summed E-state index contributed by atoms with van der Waals surface area (Å²) in [5.74, 6) is -9.57. The molecule has 11 heteroatoms. The van der Waals surface area contributed by atoms with Crippen molar-refractivity contribution in [3.63, 3.8) is 0 Å². The lowest BCUT2D eigenvalue weighted by Gasteiger charge is -2.52. The Morgan fingerprint density at radius 2 is 1.77 bits per heavy atom. The Hall–Kier alpha value is -4.22. The van der Waals surface area contributed by atoms with Gasteiger partial charge in [-0.05, 0) is 74.2 Å². The van der Waals surface area contributed by atoms with E-state index in [1.807, 2.05) is 31.3 Å². The molecule has 4 N–H and O–H groups in total. The minimum Gasteiger partial charge on any atom is -0.507 e. The maximum atomic E-state index is 14.0. The van der Waals surface area contributed by atoms with Crippen molar-refractivity contribution in [2.24, 2.45) is 34.4 Å². The number of Topliss-reactive ketones (excluding diaryl/α,β-unsaturated/α-hetero) is 4. The van der Waals surface area contributed by atoms with Crippen LogP contribution < -0.4 is 5.73 Å². The van der Waals surface area contributed by atoms with Crippen LogP contribution in [0.15, 0.2) is 41.4 Å². The predicted octanol–water partition coefficient (Wildman–Crippen LogP) is 1.29. The van der Waals surface area contributed by atoms with Gasteiger partial charge < -0.3 is 20.8 Å². The van der Waals surface area contributed by atoms with E-state index in [0.29, 0.717) is 11.1 Å². The van der Waals surface area contributed by atoms with Crippen molar-refractivity contribution < 1.29 is 34.2 Å². The fourth-order valence-corrected chi connectivity index (χ4v) is 7.68. The lowest BCUT2D eigenvalue weighted by molar-refractivity contribution is -0.181. The number of ketones is 4. The number of benzene rings is 2. The number of phenols is 1. The Kier molecular flexibility index (Phi) is 6.85. The Morgan fingerprint density at radius 1 is 1.07 bits per heavy atom. The number of carbonyl (C=O) groups is 5. The summed E-state index contributed by atoms with van der Waals surface area (Å²) in [5, 5.41) is 22.5. The number of carbonyl (C=O) groups excluding carboxylic acids is 5. The van der Waals surface area contributed by atoms with Gasteiger partial charge in [-0.3, -0.25) is 28.9 Å². The molecule has 4 aliphatic rings. The van der Waals surface area contributed by atoms with Gasteiger partial charge in [-0.1, -0.05) is 18.2 Å². The number of amidine groups is 1. The van der Waals surface area contributed by atoms with Gasteiger partial charge in [0, 0.05) is 25.9 Å². The van der Waals surface area contributed by atoms with Crippen LogP contribution in [0.5, 0.6) is 5.75 Å². The van der Waals surface area contributed by atoms with Crippen LogP contribution in [0, 0.1) is 23.7 Å². The number of likely N-dealkylation sites (N-methyl/N-ethyl adjacent to an activating group) is 1. The standard InChI is InChI=1S/C32H34N4O7/c1-35(2)26-20-14-16-13-19-18(15-6-8-17(9-7-15)34-22-5-4-12-36(22)3)10-11-21(37)24(19)27(38)23(16)29(40)32(20,43)30(41)25(28(26)39)31(33)42/h6-11,16,20,23,25-26,37,43H,4-5,12-14H2,1-3H3,(H2,33,42)/t16-,20-,23?,25?,26-,32-/m1/s1. The summed E-state index contributed by atoms with van der Waals surface area (Å²) in [7, 11) is 5.13. The summed E-state index contributed by atoms with van der Waals surface area (Å²) in [6, 6.07) is 9.55. The zero-order chi connectivity index (χ0) is 31.0. The molecule has 0 bridgehead atoms. The third-order valence-electron chi connectivity index (χ3n) is 9.72. The van der Waals surface area contributed by atoms with Gasteiger partial charge in [-0.15, -0.1) is 0 Å². The van der Waals surface area contributed by atoms with Crippen molar-refractivity contribution in [1.29, 1.82) is 0 Å². The van der Waals surface area contributed by atoms with Gasteiger partial charge in [-0.25, -0.2) is 4.99 Å². The van der Waals surface area contributed by atoms with Crippen molar-refractivity contribution in [3.05, 3.63) is 47.5 Å². The lowest BCUT2D eigenvalue weighted by atomic mass is 9.52. The number of nitrogens with zero attached hydrogens (tertiary/aromatic N) is 3. The first-order chi connectivity index (χ1) is 20.4. The number of hydrogen-bond donors (Lipinski definition) is 3. The smallest absolute Gasteiger partial charge is 0.235 e. The number of aliphatic hydroxyl groups is 1. The number of nitrogens with two attached hydrogens (primary N) is 1. The molecule has 1 amide bonds. The summed E-state index contributed by atoms with van der Waals surface area (Å²) >= 11 is 0. The lowest BCUT2D eigenvalue weighted by Crippen LogP contribution is -2.74. The highest BCUT2D eigenvalue weighted by molar-refractivity contribution is 6.32. The zero-order valence-electron chi connectivity index (χ0n) is 24.2. The first-order valence-corrected chi connectivity index (χ1v) is 14.4. The molecule has 2 aromatic rings. The molecule has 43 heavy (non-hydrogen) atoms. The molecular formula is C32H34N4O7. The van der Waals surface area contributed by atoms with E-state index in [9.17, 15) is 34.2 Å².